The van der Waals surface area contributed by atoms with Gasteiger partial charge in [0.2, 0.25) is 10.0 Å². The van der Waals surface area contributed by atoms with Gasteiger partial charge in [-0.05, 0) is 33.6 Å². The molecule has 1 atom stereocenters. The number of hydrogen-bond donors (Lipinski definition) is 1. The maximum atomic E-state index is 11.9. The Hall–Kier alpha value is -1.31. The Labute approximate surface area is 113 Å². The fourth-order valence-electron chi connectivity index (χ4n) is 1.83. The number of carbonyl (C=O) groups is 2. The minimum atomic E-state index is -3.62. The standard InChI is InChI=1S/C11H20N2O5S/c1-11(2,3)18-10(15)13-7-5-6-8(13)9(14)12-19(4,16)17/h8H,5-7H2,1-4H3,(H,12,14)/t8-/m1/s1. The van der Waals surface area contributed by atoms with E-state index in [1.807, 2.05) is 4.72 Å². The highest BCUT2D eigenvalue weighted by atomic mass is 32.2. The predicted octanol–water partition coefficient (Wildman–Crippen LogP) is 0.462. The zero-order chi connectivity index (χ0) is 14.8. The summed E-state index contributed by atoms with van der Waals surface area (Å²) in [4.78, 5) is 25.0. The highest BCUT2D eigenvalue weighted by molar-refractivity contribution is 7.89. The Balaban J connectivity index is 2.74. The van der Waals surface area contributed by atoms with Gasteiger partial charge in [0, 0.05) is 6.54 Å². The Morgan fingerprint density at radius 1 is 1.32 bits per heavy atom. The molecule has 2 amide bonds. The highest BCUT2D eigenvalue weighted by Crippen LogP contribution is 2.21. The first-order valence-electron chi connectivity index (χ1n) is 6.01. The average Bonchev–Trinajstić information content (AvgIpc) is 2.59. The van der Waals surface area contributed by atoms with Crippen LogP contribution in [0.1, 0.15) is 33.6 Å². The van der Waals surface area contributed by atoms with E-state index in [2.05, 4.69) is 0 Å². The van der Waals surface area contributed by atoms with Crippen molar-refractivity contribution in [3.63, 3.8) is 0 Å². The van der Waals surface area contributed by atoms with E-state index in [1.165, 1.54) is 4.90 Å². The molecule has 1 heterocycles. The van der Waals surface area contributed by atoms with Gasteiger partial charge in [0.15, 0.2) is 0 Å². The zero-order valence-electron chi connectivity index (χ0n) is 11.6. The molecule has 1 aliphatic heterocycles. The molecule has 1 N–H and O–H groups in total. The number of likely N-dealkylation sites (tertiary alicyclic amines) is 1. The first-order chi connectivity index (χ1) is 8.49. The highest BCUT2D eigenvalue weighted by Gasteiger charge is 2.37. The lowest BCUT2D eigenvalue weighted by Gasteiger charge is -2.27. The Morgan fingerprint density at radius 3 is 2.37 bits per heavy atom. The molecule has 0 aromatic heterocycles. The van der Waals surface area contributed by atoms with Crippen molar-refractivity contribution in [2.45, 2.75) is 45.3 Å². The van der Waals surface area contributed by atoms with E-state index in [1.54, 1.807) is 20.8 Å². The number of rotatable bonds is 2. The van der Waals surface area contributed by atoms with Crippen LogP contribution in [0.4, 0.5) is 4.79 Å². The summed E-state index contributed by atoms with van der Waals surface area (Å²) in [6, 6.07) is -0.787. The lowest BCUT2D eigenvalue weighted by atomic mass is 10.2. The number of sulfonamides is 1. The Morgan fingerprint density at radius 2 is 1.89 bits per heavy atom. The fraction of sp³-hybridized carbons (Fsp3) is 0.818. The summed E-state index contributed by atoms with van der Waals surface area (Å²) in [5.41, 5.74) is -0.655. The van der Waals surface area contributed by atoms with Crippen LogP contribution in [-0.4, -0.2) is 49.8 Å². The van der Waals surface area contributed by atoms with Crippen LogP contribution in [0.15, 0.2) is 0 Å². The molecule has 0 bridgehead atoms. The molecule has 1 rings (SSSR count). The van der Waals surface area contributed by atoms with Crippen molar-refractivity contribution in [1.82, 2.24) is 9.62 Å². The van der Waals surface area contributed by atoms with Gasteiger partial charge in [-0.1, -0.05) is 0 Å². The average molecular weight is 292 g/mol. The van der Waals surface area contributed by atoms with E-state index in [0.717, 1.165) is 6.26 Å². The molecule has 7 nitrogen and oxygen atoms in total. The van der Waals surface area contributed by atoms with Crippen molar-refractivity contribution >= 4 is 22.0 Å². The van der Waals surface area contributed by atoms with Crippen molar-refractivity contribution in [3.05, 3.63) is 0 Å². The minimum Gasteiger partial charge on any atom is -0.444 e. The molecular weight excluding hydrogens is 272 g/mol. The maximum absolute atomic E-state index is 11.9. The van der Waals surface area contributed by atoms with Gasteiger partial charge in [0.1, 0.15) is 11.6 Å². The summed E-state index contributed by atoms with van der Waals surface area (Å²) in [6.45, 7) is 5.57. The molecule has 0 aliphatic carbocycles. The van der Waals surface area contributed by atoms with Crippen LogP contribution in [0.3, 0.4) is 0 Å². The zero-order valence-corrected chi connectivity index (χ0v) is 12.4. The van der Waals surface area contributed by atoms with Gasteiger partial charge in [0.25, 0.3) is 5.91 Å². The third kappa shape index (κ3) is 5.06. The largest absolute Gasteiger partial charge is 0.444 e. The van der Waals surface area contributed by atoms with Crippen molar-refractivity contribution in [2.75, 3.05) is 12.8 Å². The van der Waals surface area contributed by atoms with Gasteiger partial charge >= 0.3 is 6.09 Å². The molecule has 110 valence electrons. The van der Waals surface area contributed by atoms with Crippen LogP contribution < -0.4 is 4.72 Å². The fourth-order valence-corrected chi connectivity index (χ4v) is 2.33. The van der Waals surface area contributed by atoms with Crippen LogP contribution >= 0.6 is 0 Å². The number of ether oxygens (including phenoxy) is 1. The lowest BCUT2D eigenvalue weighted by molar-refractivity contribution is -0.123. The Bertz CT molecular complexity index is 466. The summed E-state index contributed by atoms with van der Waals surface area (Å²) >= 11 is 0. The third-order valence-electron chi connectivity index (χ3n) is 2.47. The molecular formula is C11H20N2O5S. The molecule has 1 aliphatic rings. The van der Waals surface area contributed by atoms with Crippen LogP contribution in [-0.2, 0) is 19.6 Å². The summed E-state index contributed by atoms with van der Waals surface area (Å²) in [5.74, 6) is -0.689. The first-order valence-corrected chi connectivity index (χ1v) is 7.90. The van der Waals surface area contributed by atoms with Crippen molar-refractivity contribution in [1.29, 1.82) is 0 Å². The van der Waals surface area contributed by atoms with Crippen molar-refractivity contribution in [3.8, 4) is 0 Å². The van der Waals surface area contributed by atoms with Crippen LogP contribution in [0, 0.1) is 0 Å². The monoisotopic (exact) mass is 292 g/mol. The number of hydrogen-bond acceptors (Lipinski definition) is 5. The summed E-state index contributed by atoms with van der Waals surface area (Å²) in [5, 5.41) is 0. The van der Waals surface area contributed by atoms with Crippen molar-refractivity contribution in [2.24, 2.45) is 0 Å². The van der Waals surface area contributed by atoms with Gasteiger partial charge in [-0.2, -0.15) is 0 Å². The first kappa shape index (κ1) is 15.7. The molecule has 0 spiro atoms. The van der Waals surface area contributed by atoms with E-state index in [-0.39, 0.29) is 0 Å². The molecule has 0 saturated carbocycles. The third-order valence-corrected chi connectivity index (χ3v) is 3.04. The number of nitrogens with one attached hydrogen (secondary N) is 1. The maximum Gasteiger partial charge on any atom is 0.410 e. The normalized spacial score (nSPS) is 20.2. The second-order valence-corrected chi connectivity index (χ2v) is 7.32. The van der Waals surface area contributed by atoms with Gasteiger partial charge in [-0.15, -0.1) is 0 Å². The predicted molar refractivity (Wildman–Crippen MR) is 68.9 cm³/mol. The Kier molecular flexibility index (Phi) is 4.44. The quantitative estimate of drug-likeness (QED) is 0.798. The van der Waals surface area contributed by atoms with E-state index < -0.39 is 33.7 Å². The second kappa shape index (κ2) is 5.36. The summed E-state index contributed by atoms with van der Waals surface area (Å²) < 4.78 is 29.2. The molecule has 19 heavy (non-hydrogen) atoms. The topological polar surface area (TPSA) is 92.8 Å². The molecule has 0 radical (unpaired) electrons. The smallest absolute Gasteiger partial charge is 0.410 e. The van der Waals surface area contributed by atoms with Crippen molar-refractivity contribution < 1.29 is 22.7 Å². The number of nitrogens with zero attached hydrogens (tertiary/aromatic N) is 1. The van der Waals surface area contributed by atoms with E-state index in [9.17, 15) is 18.0 Å². The number of amides is 2. The molecule has 0 aromatic rings. The second-order valence-electron chi connectivity index (χ2n) is 5.57. The molecule has 0 aromatic carbocycles. The van der Waals surface area contributed by atoms with Crippen LogP contribution in [0.5, 0.6) is 0 Å². The van der Waals surface area contributed by atoms with Crippen LogP contribution in [0.25, 0.3) is 0 Å². The lowest BCUT2D eigenvalue weighted by Crippen LogP contribution is -2.48. The van der Waals surface area contributed by atoms with Gasteiger partial charge in [-0.25, -0.2) is 13.2 Å². The molecule has 1 saturated heterocycles. The molecule has 1 fully saturated rings. The molecule has 8 heteroatoms. The van der Waals surface area contributed by atoms with Gasteiger partial charge in [0.05, 0.1) is 6.26 Å². The van der Waals surface area contributed by atoms with E-state index in [4.69, 9.17) is 4.74 Å². The summed E-state index contributed by atoms with van der Waals surface area (Å²) in [6.07, 6.45) is 1.37. The SMILES string of the molecule is CC(C)(C)OC(=O)N1CCC[C@@H]1C(=O)NS(C)(=O)=O. The minimum absolute atomic E-state index is 0.386. The summed E-state index contributed by atoms with van der Waals surface area (Å²) in [7, 11) is -3.62. The molecule has 0 unspecified atom stereocenters. The van der Waals surface area contributed by atoms with Gasteiger partial charge < -0.3 is 4.74 Å². The number of carbonyl (C=O) groups excluding carboxylic acids is 2. The van der Waals surface area contributed by atoms with E-state index >= 15 is 0 Å². The van der Waals surface area contributed by atoms with E-state index in [0.29, 0.717) is 19.4 Å². The van der Waals surface area contributed by atoms with Gasteiger partial charge in [-0.3, -0.25) is 14.4 Å². The van der Waals surface area contributed by atoms with Crippen LogP contribution in [0.2, 0.25) is 0 Å².